The molecule has 7 nitrogen and oxygen atoms in total. The van der Waals surface area contributed by atoms with E-state index in [4.69, 9.17) is 0 Å². The van der Waals surface area contributed by atoms with E-state index in [1.54, 1.807) is 30.6 Å². The van der Waals surface area contributed by atoms with Crippen LogP contribution in [0.4, 0.5) is 0 Å². The minimum Gasteiger partial charge on any atom is -0.348 e. The van der Waals surface area contributed by atoms with Crippen molar-refractivity contribution in [3.63, 3.8) is 0 Å². The van der Waals surface area contributed by atoms with Crippen LogP contribution in [-0.4, -0.2) is 61.7 Å². The Morgan fingerprint density at radius 1 is 1.12 bits per heavy atom. The third-order valence-electron chi connectivity index (χ3n) is 4.39. The van der Waals surface area contributed by atoms with Gasteiger partial charge < -0.3 is 10.2 Å². The van der Waals surface area contributed by atoms with Gasteiger partial charge in [0.05, 0.1) is 4.90 Å². The molecule has 3 rings (SSSR count). The zero-order valence-corrected chi connectivity index (χ0v) is 15.4. The molecule has 1 aromatic heterocycles. The van der Waals surface area contributed by atoms with Gasteiger partial charge in [-0.05, 0) is 42.9 Å². The number of nitrogens with one attached hydrogen (secondary N) is 1. The van der Waals surface area contributed by atoms with Gasteiger partial charge in [0.15, 0.2) is 0 Å². The summed E-state index contributed by atoms with van der Waals surface area (Å²) in [4.78, 5) is 18.5. The lowest BCUT2D eigenvalue weighted by molar-refractivity contribution is 0.0950. The number of likely N-dealkylation sites (N-methyl/N-ethyl adjacent to an activating group) is 1. The molecule has 0 radical (unpaired) electrons. The number of piperazine rings is 1. The third kappa shape index (κ3) is 4.27. The van der Waals surface area contributed by atoms with Crippen LogP contribution in [0.15, 0.2) is 53.7 Å². The highest BCUT2D eigenvalue weighted by Gasteiger charge is 2.27. The molecule has 1 saturated heterocycles. The van der Waals surface area contributed by atoms with E-state index in [-0.39, 0.29) is 10.8 Å². The molecular weight excluding hydrogens is 352 g/mol. The van der Waals surface area contributed by atoms with E-state index in [1.807, 2.05) is 13.1 Å². The van der Waals surface area contributed by atoms with Crippen molar-refractivity contribution < 1.29 is 13.2 Å². The fourth-order valence-electron chi connectivity index (χ4n) is 2.74. The van der Waals surface area contributed by atoms with Crippen molar-refractivity contribution in [2.24, 2.45) is 0 Å². The molecule has 26 heavy (non-hydrogen) atoms. The van der Waals surface area contributed by atoms with Crippen molar-refractivity contribution in [3.05, 3.63) is 59.9 Å². The van der Waals surface area contributed by atoms with Crippen LogP contribution in [0.3, 0.4) is 0 Å². The normalized spacial score (nSPS) is 16.3. The SMILES string of the molecule is CN1CCN(S(=O)(=O)c2ccc(C(=O)NCc3cccnc3)cc2)CC1. The fourth-order valence-corrected chi connectivity index (χ4v) is 4.17. The molecule has 1 aliphatic rings. The van der Waals surface area contributed by atoms with E-state index in [0.717, 1.165) is 5.56 Å². The summed E-state index contributed by atoms with van der Waals surface area (Å²) in [6, 6.07) is 9.75. The van der Waals surface area contributed by atoms with Crippen LogP contribution in [0.2, 0.25) is 0 Å². The number of nitrogens with zero attached hydrogens (tertiary/aromatic N) is 3. The van der Waals surface area contributed by atoms with Gasteiger partial charge in [-0.2, -0.15) is 4.31 Å². The van der Waals surface area contributed by atoms with E-state index in [9.17, 15) is 13.2 Å². The van der Waals surface area contributed by atoms with E-state index < -0.39 is 10.0 Å². The largest absolute Gasteiger partial charge is 0.348 e. The first-order valence-electron chi connectivity index (χ1n) is 8.43. The molecule has 8 heteroatoms. The lowest BCUT2D eigenvalue weighted by Crippen LogP contribution is -2.47. The first-order valence-corrected chi connectivity index (χ1v) is 9.87. The van der Waals surface area contributed by atoms with Gasteiger partial charge in [0.2, 0.25) is 10.0 Å². The molecule has 0 bridgehead atoms. The summed E-state index contributed by atoms with van der Waals surface area (Å²) in [5.74, 6) is -0.252. The molecule has 1 N–H and O–H groups in total. The van der Waals surface area contributed by atoms with Gasteiger partial charge in [-0.25, -0.2) is 8.42 Å². The Kier molecular flexibility index (Phi) is 5.65. The summed E-state index contributed by atoms with van der Waals surface area (Å²) >= 11 is 0. The van der Waals surface area contributed by atoms with Crippen LogP contribution in [0.25, 0.3) is 0 Å². The molecule has 1 aromatic carbocycles. The minimum atomic E-state index is -3.52. The summed E-state index contributed by atoms with van der Waals surface area (Å²) < 4.78 is 26.9. The number of aromatic nitrogens is 1. The topological polar surface area (TPSA) is 82.6 Å². The maximum Gasteiger partial charge on any atom is 0.251 e. The molecule has 0 spiro atoms. The molecule has 1 fully saturated rings. The molecule has 0 unspecified atom stereocenters. The summed E-state index contributed by atoms with van der Waals surface area (Å²) in [5.41, 5.74) is 1.32. The minimum absolute atomic E-state index is 0.214. The van der Waals surface area contributed by atoms with Crippen LogP contribution >= 0.6 is 0 Å². The second-order valence-electron chi connectivity index (χ2n) is 6.28. The van der Waals surface area contributed by atoms with E-state index in [1.165, 1.54) is 16.4 Å². The first kappa shape index (κ1) is 18.5. The molecule has 138 valence electrons. The Hall–Kier alpha value is -2.29. The maximum atomic E-state index is 12.7. The average molecular weight is 374 g/mol. The Labute approximate surface area is 153 Å². The zero-order chi connectivity index (χ0) is 18.6. The molecule has 0 atom stereocenters. The van der Waals surface area contributed by atoms with Crippen LogP contribution < -0.4 is 5.32 Å². The van der Waals surface area contributed by atoms with Gasteiger partial charge in [0.25, 0.3) is 5.91 Å². The number of carbonyl (C=O) groups is 1. The van der Waals surface area contributed by atoms with Gasteiger partial charge in [-0.3, -0.25) is 9.78 Å². The van der Waals surface area contributed by atoms with Crippen molar-refractivity contribution in [2.45, 2.75) is 11.4 Å². The number of amides is 1. The molecule has 1 amide bonds. The van der Waals surface area contributed by atoms with Gasteiger partial charge in [-0.1, -0.05) is 6.07 Å². The number of carbonyl (C=O) groups excluding carboxylic acids is 1. The highest BCUT2D eigenvalue weighted by Crippen LogP contribution is 2.18. The van der Waals surface area contributed by atoms with Gasteiger partial charge in [0, 0.05) is 50.7 Å². The lowest BCUT2D eigenvalue weighted by atomic mass is 10.2. The van der Waals surface area contributed by atoms with Crippen molar-refractivity contribution in [1.82, 2.24) is 19.5 Å². The van der Waals surface area contributed by atoms with E-state index in [2.05, 4.69) is 15.2 Å². The molecular formula is C18H22N4O3S. The number of benzene rings is 1. The zero-order valence-electron chi connectivity index (χ0n) is 14.6. The Balaban J connectivity index is 1.65. The number of hydrogen-bond acceptors (Lipinski definition) is 5. The van der Waals surface area contributed by atoms with Crippen LogP contribution in [-0.2, 0) is 16.6 Å². The van der Waals surface area contributed by atoms with Crippen molar-refractivity contribution in [3.8, 4) is 0 Å². The highest BCUT2D eigenvalue weighted by molar-refractivity contribution is 7.89. The van der Waals surface area contributed by atoms with Gasteiger partial charge in [-0.15, -0.1) is 0 Å². The molecule has 0 aliphatic carbocycles. The van der Waals surface area contributed by atoms with Gasteiger partial charge in [0.1, 0.15) is 0 Å². The summed E-state index contributed by atoms with van der Waals surface area (Å²) in [7, 11) is -1.54. The Morgan fingerprint density at radius 3 is 2.42 bits per heavy atom. The third-order valence-corrected chi connectivity index (χ3v) is 6.31. The number of hydrogen-bond donors (Lipinski definition) is 1. The molecule has 2 heterocycles. The fraction of sp³-hybridized carbons (Fsp3) is 0.333. The summed E-state index contributed by atoms with van der Waals surface area (Å²) in [5, 5.41) is 2.80. The summed E-state index contributed by atoms with van der Waals surface area (Å²) in [6.45, 7) is 2.76. The van der Waals surface area contributed by atoms with Gasteiger partial charge >= 0.3 is 0 Å². The predicted octanol–water partition coefficient (Wildman–Crippen LogP) is 0.948. The van der Waals surface area contributed by atoms with Crippen LogP contribution in [0.1, 0.15) is 15.9 Å². The van der Waals surface area contributed by atoms with Crippen molar-refractivity contribution >= 4 is 15.9 Å². The summed E-state index contributed by atoms with van der Waals surface area (Å²) in [6.07, 6.45) is 3.36. The smallest absolute Gasteiger partial charge is 0.251 e. The Morgan fingerprint density at radius 2 is 1.81 bits per heavy atom. The second-order valence-corrected chi connectivity index (χ2v) is 8.21. The van der Waals surface area contributed by atoms with E-state index in [0.29, 0.717) is 38.3 Å². The highest BCUT2D eigenvalue weighted by atomic mass is 32.2. The monoisotopic (exact) mass is 374 g/mol. The molecule has 1 aliphatic heterocycles. The lowest BCUT2D eigenvalue weighted by Gasteiger charge is -2.31. The standard InChI is InChI=1S/C18H22N4O3S/c1-21-9-11-22(12-10-21)26(24,25)17-6-4-16(5-7-17)18(23)20-14-15-3-2-8-19-13-15/h2-8,13H,9-12,14H2,1H3,(H,20,23). The number of rotatable bonds is 5. The van der Waals surface area contributed by atoms with Crippen molar-refractivity contribution in [1.29, 1.82) is 0 Å². The number of sulfonamides is 1. The van der Waals surface area contributed by atoms with Crippen LogP contribution in [0, 0.1) is 0 Å². The first-order chi connectivity index (χ1) is 12.5. The van der Waals surface area contributed by atoms with E-state index >= 15 is 0 Å². The predicted molar refractivity (Wildman–Crippen MR) is 98.1 cm³/mol. The molecule has 2 aromatic rings. The second kappa shape index (κ2) is 7.94. The maximum absolute atomic E-state index is 12.7. The Bertz CT molecular complexity index is 846. The quantitative estimate of drug-likeness (QED) is 0.843. The average Bonchev–Trinajstić information content (AvgIpc) is 2.67. The van der Waals surface area contributed by atoms with Crippen LogP contribution in [0.5, 0.6) is 0 Å². The van der Waals surface area contributed by atoms with Crippen molar-refractivity contribution in [2.75, 3.05) is 33.2 Å². The number of pyridine rings is 1. The molecule has 0 saturated carbocycles.